The summed E-state index contributed by atoms with van der Waals surface area (Å²) >= 11 is 1.17. The Labute approximate surface area is 218 Å². The number of sulfonamides is 1. The standard InChI is InChI=1S/C26H26FN3O5S2/c1-13(31)2-5-17-12-36-25-23(17)37(34,35)29-24(28-25)20-22(32)19-15-6-7-16(10-15)21(19)30(26(20)33)11-14-3-8-18(27)9-4-14/h3-4,8-9,12,15-16,19,21,32H,2,5-7,10-11H2,1H3,(H,28,29)/t15-,16+,19?,21?/m0/s1. The summed E-state index contributed by atoms with van der Waals surface area (Å²) in [6.07, 6.45) is 3.29. The lowest BCUT2D eigenvalue weighted by Crippen LogP contribution is -2.53. The van der Waals surface area contributed by atoms with Gasteiger partial charge < -0.3 is 20.1 Å². The maximum Gasteiger partial charge on any atom is 0.287 e. The van der Waals surface area contributed by atoms with Crippen molar-refractivity contribution in [2.45, 2.75) is 56.5 Å². The van der Waals surface area contributed by atoms with Gasteiger partial charge in [0.1, 0.15) is 32.8 Å². The highest BCUT2D eigenvalue weighted by Gasteiger charge is 2.57. The summed E-state index contributed by atoms with van der Waals surface area (Å²) < 4.78 is 44.0. The highest BCUT2D eigenvalue weighted by atomic mass is 32.2. The Balaban J connectivity index is 1.39. The average molecular weight is 544 g/mol. The van der Waals surface area contributed by atoms with Gasteiger partial charge in [0, 0.05) is 24.9 Å². The van der Waals surface area contributed by atoms with Gasteiger partial charge in [0.05, 0.1) is 0 Å². The molecule has 2 aliphatic carbocycles. The first kappa shape index (κ1) is 24.3. The molecule has 2 bridgehead atoms. The van der Waals surface area contributed by atoms with E-state index in [0.717, 1.165) is 24.8 Å². The van der Waals surface area contributed by atoms with Gasteiger partial charge in [-0.3, -0.25) is 4.79 Å². The second-order valence-electron chi connectivity index (χ2n) is 10.3. The summed E-state index contributed by atoms with van der Waals surface area (Å²) in [6.45, 7) is 1.67. The van der Waals surface area contributed by atoms with Crippen molar-refractivity contribution in [1.29, 1.82) is 0 Å². The molecule has 2 aromatic rings. The number of carbonyl (C=O) groups excluding carboxylic acids is 2. The summed E-state index contributed by atoms with van der Waals surface area (Å²) in [5.41, 5.74) is 1.13. The third-order valence-corrected chi connectivity index (χ3v) is 10.5. The number of thiophene rings is 1. The van der Waals surface area contributed by atoms with Crippen LogP contribution in [0.15, 0.2) is 50.3 Å². The van der Waals surface area contributed by atoms with Crippen LogP contribution in [-0.2, 0) is 32.6 Å². The number of benzene rings is 1. The highest BCUT2D eigenvalue weighted by Crippen LogP contribution is 2.55. The Morgan fingerprint density at radius 3 is 2.70 bits per heavy atom. The van der Waals surface area contributed by atoms with Gasteiger partial charge in [-0.05, 0) is 73.1 Å². The van der Waals surface area contributed by atoms with Crippen LogP contribution in [0.1, 0.15) is 43.7 Å². The molecule has 11 heteroatoms. The number of halogens is 1. The zero-order chi connectivity index (χ0) is 26.1. The molecule has 37 heavy (non-hydrogen) atoms. The van der Waals surface area contributed by atoms with Crippen molar-refractivity contribution in [3.05, 3.63) is 57.9 Å². The van der Waals surface area contributed by atoms with E-state index in [9.17, 15) is 27.5 Å². The van der Waals surface area contributed by atoms with Crippen molar-refractivity contribution in [2.75, 3.05) is 5.32 Å². The number of aliphatic hydroxyl groups is 1. The smallest absolute Gasteiger partial charge is 0.287 e. The van der Waals surface area contributed by atoms with Gasteiger partial charge in [-0.2, -0.15) is 8.42 Å². The van der Waals surface area contributed by atoms with Crippen LogP contribution in [0, 0.1) is 23.6 Å². The quantitative estimate of drug-likeness (QED) is 0.565. The summed E-state index contributed by atoms with van der Waals surface area (Å²) in [4.78, 5) is 27.1. The van der Waals surface area contributed by atoms with Crippen LogP contribution in [0.4, 0.5) is 9.39 Å². The largest absolute Gasteiger partial charge is 0.511 e. The topological polar surface area (TPSA) is 116 Å². The number of Topliss-reactive ketones (excluding diaryl/α,β-unsaturated/α-hetero) is 1. The molecule has 2 N–H and O–H groups in total. The minimum atomic E-state index is -4.17. The van der Waals surface area contributed by atoms with Crippen LogP contribution in [0.3, 0.4) is 0 Å². The molecule has 0 saturated heterocycles. The Hall–Kier alpha value is -3.05. The van der Waals surface area contributed by atoms with Gasteiger partial charge in [0.25, 0.3) is 15.9 Å². The number of aryl methyl sites for hydroxylation is 1. The van der Waals surface area contributed by atoms with E-state index in [4.69, 9.17) is 0 Å². The molecular weight excluding hydrogens is 517 g/mol. The van der Waals surface area contributed by atoms with Crippen LogP contribution < -0.4 is 5.32 Å². The summed E-state index contributed by atoms with van der Waals surface area (Å²) in [5, 5.41) is 16.4. The van der Waals surface area contributed by atoms with Crippen molar-refractivity contribution in [3.8, 4) is 0 Å². The number of amidine groups is 1. The Morgan fingerprint density at radius 2 is 1.97 bits per heavy atom. The van der Waals surface area contributed by atoms with Gasteiger partial charge in [-0.15, -0.1) is 15.7 Å². The molecule has 2 unspecified atom stereocenters. The van der Waals surface area contributed by atoms with Gasteiger partial charge in [0.2, 0.25) is 0 Å². The maximum atomic E-state index is 13.9. The first-order valence-electron chi connectivity index (χ1n) is 12.3. The summed E-state index contributed by atoms with van der Waals surface area (Å²) in [7, 11) is -4.17. The van der Waals surface area contributed by atoms with E-state index in [1.165, 1.54) is 30.4 Å². The fourth-order valence-corrected chi connectivity index (χ4v) is 9.15. The fraction of sp³-hybridized carbons (Fsp3) is 0.423. The molecule has 1 amide bonds. The Kier molecular flexibility index (Phi) is 5.76. The number of nitrogens with zero attached hydrogens (tertiary/aromatic N) is 2. The minimum Gasteiger partial charge on any atom is -0.511 e. The molecule has 4 aliphatic rings. The van der Waals surface area contributed by atoms with Gasteiger partial charge >= 0.3 is 0 Å². The maximum absolute atomic E-state index is 13.9. The average Bonchev–Trinajstić information content (AvgIpc) is 3.56. The first-order valence-corrected chi connectivity index (χ1v) is 14.7. The monoisotopic (exact) mass is 543 g/mol. The number of hydrogen-bond acceptors (Lipinski definition) is 7. The van der Waals surface area contributed by atoms with Crippen molar-refractivity contribution in [2.24, 2.45) is 22.2 Å². The van der Waals surface area contributed by atoms with Crippen LogP contribution in [0.5, 0.6) is 0 Å². The third kappa shape index (κ3) is 3.99. The predicted octanol–water partition coefficient (Wildman–Crippen LogP) is 4.19. The molecule has 0 radical (unpaired) electrons. The van der Waals surface area contributed by atoms with Gasteiger partial charge in [-0.1, -0.05) is 12.1 Å². The van der Waals surface area contributed by atoms with Crippen LogP contribution in [0.25, 0.3) is 0 Å². The lowest BCUT2D eigenvalue weighted by Gasteiger charge is -2.44. The molecule has 6 rings (SSSR count). The zero-order valence-corrected chi connectivity index (χ0v) is 21.7. The first-order chi connectivity index (χ1) is 17.6. The molecule has 2 saturated carbocycles. The minimum absolute atomic E-state index is 0.0202. The molecule has 194 valence electrons. The van der Waals surface area contributed by atoms with E-state index in [1.807, 2.05) is 0 Å². The highest BCUT2D eigenvalue weighted by molar-refractivity contribution is 7.90. The van der Waals surface area contributed by atoms with E-state index in [2.05, 4.69) is 9.71 Å². The number of carbonyl (C=O) groups is 2. The lowest BCUT2D eigenvalue weighted by molar-refractivity contribution is -0.134. The molecule has 4 atom stereocenters. The molecule has 1 aromatic heterocycles. The van der Waals surface area contributed by atoms with E-state index >= 15 is 0 Å². The van der Waals surface area contributed by atoms with Crippen molar-refractivity contribution < 1.29 is 27.5 Å². The molecule has 3 heterocycles. The second kappa shape index (κ2) is 8.76. The van der Waals surface area contributed by atoms with Gasteiger partial charge in [0.15, 0.2) is 5.84 Å². The van der Waals surface area contributed by atoms with Gasteiger partial charge in [-0.25, -0.2) is 4.39 Å². The lowest BCUT2D eigenvalue weighted by atomic mass is 9.77. The molecule has 0 spiro atoms. The van der Waals surface area contributed by atoms with Crippen LogP contribution in [-0.4, -0.2) is 42.0 Å². The van der Waals surface area contributed by atoms with Crippen molar-refractivity contribution in [1.82, 2.24) is 4.90 Å². The number of amides is 1. The van der Waals surface area contributed by atoms with E-state index < -0.39 is 15.9 Å². The van der Waals surface area contributed by atoms with Crippen LogP contribution >= 0.6 is 11.3 Å². The fourth-order valence-electron chi connectivity index (χ4n) is 6.48. The van der Waals surface area contributed by atoms with Crippen molar-refractivity contribution >= 4 is 43.9 Å². The van der Waals surface area contributed by atoms with Crippen molar-refractivity contribution in [3.63, 3.8) is 0 Å². The Morgan fingerprint density at radius 1 is 1.24 bits per heavy atom. The molecule has 1 aromatic carbocycles. The third-order valence-electron chi connectivity index (χ3n) is 8.05. The summed E-state index contributed by atoms with van der Waals surface area (Å²) in [6, 6.07) is 5.75. The van der Waals surface area contributed by atoms with E-state index in [-0.39, 0.29) is 76.8 Å². The second-order valence-corrected chi connectivity index (χ2v) is 12.8. The number of rotatable bonds is 6. The van der Waals surface area contributed by atoms with E-state index in [0.29, 0.717) is 10.6 Å². The molecule has 2 fully saturated rings. The number of hydrogen-bond donors (Lipinski definition) is 2. The Bertz CT molecular complexity index is 1480. The predicted molar refractivity (Wildman–Crippen MR) is 136 cm³/mol. The SMILES string of the molecule is CC(=O)CCc1csc2c1S(=O)(=O)N=C(C1=C(O)C3C([C@@H]4CC[C@H]3C4)N(Cc3ccc(F)cc3)C1=O)N2. The zero-order valence-electron chi connectivity index (χ0n) is 20.1. The molecule has 8 nitrogen and oxygen atoms in total. The van der Waals surface area contributed by atoms with Crippen LogP contribution in [0.2, 0.25) is 0 Å². The molecular formula is C26H26FN3O5S2. The number of aliphatic hydroxyl groups excluding tert-OH is 1. The number of ketones is 1. The summed E-state index contributed by atoms with van der Waals surface area (Å²) in [5.74, 6) is -1.04. The van der Waals surface area contributed by atoms with E-state index in [1.54, 1.807) is 22.4 Å². The number of anilines is 1. The normalized spacial score (nSPS) is 27.6. The molecule has 2 aliphatic heterocycles. The number of fused-ring (bicyclic) bond motifs is 6. The number of nitrogens with one attached hydrogen (secondary N) is 1.